The topological polar surface area (TPSA) is 134 Å². The fraction of sp³-hybridized carbons (Fsp3) is 0.381. The molecule has 0 saturated heterocycles. The van der Waals surface area contributed by atoms with Crippen LogP contribution in [0.1, 0.15) is 29.1 Å². The van der Waals surface area contributed by atoms with Gasteiger partial charge >= 0.3 is 6.01 Å². The number of hydrogen-bond acceptors (Lipinski definition) is 9. The lowest BCUT2D eigenvalue weighted by atomic mass is 9.52. The van der Waals surface area contributed by atoms with Gasteiger partial charge in [0.25, 0.3) is 11.5 Å². The molecule has 3 aromatic rings. The standard InChI is InChI=1S/C21H18B5ClN6O6/c1-9(8-37-3)33-13-7-32(12-4-10(27)6-31(2)17(12)34)18(35)14(13)29-15(33)11-5-28-19(39-20(22,23)24)30-16(11)38-21(25,26)36/h4-6,9,36H,7-8H2,1-3H3. The molecule has 0 fully saturated rings. The van der Waals surface area contributed by atoms with Gasteiger partial charge < -0.3 is 28.5 Å². The van der Waals surface area contributed by atoms with E-state index in [9.17, 15) is 14.7 Å². The van der Waals surface area contributed by atoms with Crippen LogP contribution in [-0.2, 0) is 18.3 Å². The van der Waals surface area contributed by atoms with Crippen LogP contribution in [0.15, 0.2) is 23.3 Å². The number of halogens is 1. The third-order valence-electron chi connectivity index (χ3n) is 5.54. The van der Waals surface area contributed by atoms with Crippen LogP contribution in [0.2, 0.25) is 5.02 Å². The van der Waals surface area contributed by atoms with Crippen molar-refractivity contribution in [1.29, 1.82) is 0 Å². The third kappa shape index (κ3) is 6.05. The molecule has 10 radical (unpaired) electrons. The average Bonchev–Trinajstić information content (AvgIpc) is 3.31. The monoisotopic (exact) mass is 540 g/mol. The van der Waals surface area contributed by atoms with Crippen LogP contribution in [0.4, 0.5) is 5.69 Å². The predicted octanol–water partition coefficient (Wildman–Crippen LogP) is -1.12. The van der Waals surface area contributed by atoms with E-state index in [1.165, 1.54) is 42.1 Å². The number of aromatic nitrogens is 5. The van der Waals surface area contributed by atoms with E-state index < -0.39 is 34.4 Å². The molecule has 0 aromatic carbocycles. The summed E-state index contributed by atoms with van der Waals surface area (Å²) >= 11 is 6.15. The zero-order valence-corrected chi connectivity index (χ0v) is 21.9. The first-order valence-corrected chi connectivity index (χ1v) is 11.7. The molecule has 0 bridgehead atoms. The first-order chi connectivity index (χ1) is 18.1. The van der Waals surface area contributed by atoms with Gasteiger partial charge in [0, 0.05) is 26.6 Å². The molecular formula is C21H18B5ClN6O6. The molecule has 1 amide bonds. The van der Waals surface area contributed by atoms with Crippen LogP contribution >= 0.6 is 11.6 Å². The van der Waals surface area contributed by atoms with Crippen molar-refractivity contribution in [2.24, 2.45) is 7.05 Å². The minimum absolute atomic E-state index is 0.0171. The van der Waals surface area contributed by atoms with Gasteiger partial charge in [-0.25, -0.2) is 9.97 Å². The Hall–Kier alpha value is -3.16. The molecule has 1 N–H and O–H groups in total. The fourth-order valence-electron chi connectivity index (χ4n) is 4.10. The van der Waals surface area contributed by atoms with E-state index in [2.05, 4.69) is 15.0 Å². The molecule has 1 atom stereocenters. The molecule has 4 heterocycles. The van der Waals surface area contributed by atoms with E-state index in [1.807, 2.05) is 6.92 Å². The molecule has 39 heavy (non-hydrogen) atoms. The Morgan fingerprint density at radius 1 is 1.18 bits per heavy atom. The van der Waals surface area contributed by atoms with Crippen molar-refractivity contribution in [3.63, 3.8) is 0 Å². The van der Waals surface area contributed by atoms with Gasteiger partial charge in [-0.1, -0.05) is 11.6 Å². The Balaban J connectivity index is 1.87. The average molecular weight is 540 g/mol. The number of methoxy groups -OCH3 is 1. The molecule has 0 aliphatic carbocycles. The molecule has 190 valence electrons. The maximum Gasteiger partial charge on any atom is 0.317 e. The Morgan fingerprint density at radius 2 is 1.87 bits per heavy atom. The maximum atomic E-state index is 13.5. The van der Waals surface area contributed by atoms with E-state index in [4.69, 9.17) is 65.0 Å². The Kier molecular flexibility index (Phi) is 7.72. The number of aliphatic hydroxyl groups is 1. The molecular weight excluding hydrogens is 522 g/mol. The number of pyridine rings is 1. The number of hydrogen-bond donors (Lipinski definition) is 1. The summed E-state index contributed by atoms with van der Waals surface area (Å²) in [5.41, 5.74) is -2.46. The minimum Gasteiger partial charge on any atom is -0.487 e. The first kappa shape index (κ1) is 28.8. The summed E-state index contributed by atoms with van der Waals surface area (Å²) in [5.74, 6) is -0.799. The van der Waals surface area contributed by atoms with E-state index in [0.717, 1.165) is 0 Å². The number of fused-ring (bicyclic) bond motifs is 1. The highest BCUT2D eigenvalue weighted by Crippen LogP contribution is 2.37. The van der Waals surface area contributed by atoms with Crippen molar-refractivity contribution in [2.75, 3.05) is 18.6 Å². The highest BCUT2D eigenvalue weighted by molar-refractivity contribution is 6.58. The Morgan fingerprint density at radius 3 is 2.49 bits per heavy atom. The van der Waals surface area contributed by atoms with Crippen molar-refractivity contribution in [1.82, 2.24) is 24.1 Å². The lowest BCUT2D eigenvalue weighted by Crippen LogP contribution is -2.39. The molecule has 0 saturated carbocycles. The first-order valence-electron chi connectivity index (χ1n) is 11.3. The van der Waals surface area contributed by atoms with E-state index in [-0.39, 0.29) is 46.8 Å². The van der Waals surface area contributed by atoms with E-state index >= 15 is 0 Å². The second-order valence-corrected chi connectivity index (χ2v) is 9.37. The molecule has 18 heteroatoms. The molecule has 1 aliphatic rings. The van der Waals surface area contributed by atoms with Crippen molar-refractivity contribution >= 4 is 62.4 Å². The Labute approximate surface area is 235 Å². The number of aryl methyl sites for hydroxylation is 1. The van der Waals surface area contributed by atoms with E-state index in [1.54, 1.807) is 4.57 Å². The van der Waals surface area contributed by atoms with Gasteiger partial charge in [0.2, 0.25) is 5.88 Å². The summed E-state index contributed by atoms with van der Waals surface area (Å²) in [4.78, 5) is 40.1. The summed E-state index contributed by atoms with van der Waals surface area (Å²) in [6.07, 6.45) is 2.64. The maximum absolute atomic E-state index is 13.5. The minimum atomic E-state index is -2.68. The normalized spacial score (nSPS) is 14.4. The molecule has 1 unspecified atom stereocenters. The van der Waals surface area contributed by atoms with Crippen molar-refractivity contribution in [3.05, 3.63) is 45.2 Å². The SMILES string of the molecule is [B]C([B])([B])Oc1ncc(-c2nc3c(n2C(C)COC)CN(c2cc(Cl)cn(C)c2=O)C3=O)c(OC([B])([B])O)n1. The summed E-state index contributed by atoms with van der Waals surface area (Å²) in [5, 5.41) is 8.06. The molecule has 0 spiro atoms. The second kappa shape index (κ2) is 10.4. The highest BCUT2D eigenvalue weighted by Gasteiger charge is 2.39. The highest BCUT2D eigenvalue weighted by atomic mass is 35.5. The third-order valence-corrected chi connectivity index (χ3v) is 5.74. The Bertz CT molecular complexity index is 1490. The van der Waals surface area contributed by atoms with Gasteiger partial charge in [-0.05, 0) is 18.3 Å². The molecule has 3 aromatic heterocycles. The van der Waals surface area contributed by atoms with Crippen LogP contribution < -0.4 is 19.9 Å². The number of amides is 1. The van der Waals surface area contributed by atoms with Crippen LogP contribution in [0.5, 0.6) is 11.9 Å². The second-order valence-electron chi connectivity index (χ2n) is 8.94. The van der Waals surface area contributed by atoms with Gasteiger partial charge in [-0.2, -0.15) is 4.98 Å². The van der Waals surface area contributed by atoms with Crippen molar-refractivity contribution < 1.29 is 24.1 Å². The number of ether oxygens (including phenoxy) is 3. The van der Waals surface area contributed by atoms with Gasteiger partial charge in [0.05, 0.1) is 35.5 Å². The van der Waals surface area contributed by atoms with E-state index in [0.29, 0.717) is 5.69 Å². The van der Waals surface area contributed by atoms with Crippen LogP contribution in [0.3, 0.4) is 0 Å². The van der Waals surface area contributed by atoms with Crippen LogP contribution in [0.25, 0.3) is 11.4 Å². The van der Waals surface area contributed by atoms with Gasteiger partial charge in [0.1, 0.15) is 40.6 Å². The predicted molar refractivity (Wildman–Crippen MR) is 145 cm³/mol. The van der Waals surface area contributed by atoms with Gasteiger partial charge in [-0.15, -0.1) is 0 Å². The lowest BCUT2D eigenvalue weighted by Gasteiger charge is -2.26. The number of imidazole rings is 1. The van der Waals surface area contributed by atoms with Gasteiger partial charge in [0.15, 0.2) is 21.4 Å². The van der Waals surface area contributed by atoms with Crippen LogP contribution in [-0.4, -0.2) is 98.9 Å². The summed E-state index contributed by atoms with van der Waals surface area (Å²) in [7, 11) is 30.3. The smallest absolute Gasteiger partial charge is 0.317 e. The molecule has 12 nitrogen and oxygen atoms in total. The number of carbonyl (C=O) groups is 1. The quantitative estimate of drug-likeness (QED) is 0.265. The molecule has 1 aliphatic heterocycles. The largest absolute Gasteiger partial charge is 0.487 e. The van der Waals surface area contributed by atoms with Crippen LogP contribution in [0, 0.1) is 0 Å². The van der Waals surface area contributed by atoms with Gasteiger partial charge in [-0.3, -0.25) is 14.5 Å². The number of carbonyl (C=O) groups excluding carboxylic acids is 1. The number of rotatable bonds is 9. The molecule has 4 rings (SSSR count). The number of anilines is 1. The summed E-state index contributed by atoms with van der Waals surface area (Å²) < 4.78 is 18.6. The lowest BCUT2D eigenvalue weighted by molar-refractivity contribution is 0.00900. The zero-order chi connectivity index (χ0) is 28.9. The zero-order valence-electron chi connectivity index (χ0n) is 21.2. The summed E-state index contributed by atoms with van der Waals surface area (Å²) in [6, 6.07) is 0.575. The van der Waals surface area contributed by atoms with Crippen molar-refractivity contribution in [2.45, 2.75) is 30.4 Å². The number of nitrogens with zero attached hydrogens (tertiary/aromatic N) is 6. The van der Waals surface area contributed by atoms with Crippen molar-refractivity contribution in [3.8, 4) is 23.3 Å². The fourth-order valence-corrected chi connectivity index (χ4v) is 4.35. The summed E-state index contributed by atoms with van der Waals surface area (Å²) in [6.45, 7) is 2.00.